The summed E-state index contributed by atoms with van der Waals surface area (Å²) in [6, 6.07) is 13.1. The number of carbonyl (C=O) groups is 2. The van der Waals surface area contributed by atoms with Crippen LogP contribution in [0.1, 0.15) is 41.7 Å². The van der Waals surface area contributed by atoms with Gasteiger partial charge in [0.25, 0.3) is 5.91 Å². The zero-order chi connectivity index (χ0) is 18.3. The van der Waals surface area contributed by atoms with Crippen LogP contribution < -0.4 is 10.6 Å². The number of hydrogen-bond acceptors (Lipinski definition) is 3. The predicted octanol–water partition coefficient (Wildman–Crippen LogP) is 4.65. The number of benzene rings is 2. The third-order valence-electron chi connectivity index (χ3n) is 4.78. The Bertz CT molecular complexity index is 865. The number of thioether (sulfide) groups is 1. The summed E-state index contributed by atoms with van der Waals surface area (Å²) < 4.78 is 0. The molecular formula is C20H19ClN2O2S. The Balaban J connectivity index is 1.54. The van der Waals surface area contributed by atoms with Crippen molar-refractivity contribution in [1.29, 1.82) is 0 Å². The first-order valence-corrected chi connectivity index (χ1v) is 9.95. The first-order valence-electron chi connectivity index (χ1n) is 8.69. The highest BCUT2D eigenvalue weighted by Gasteiger charge is 2.34. The molecule has 0 aromatic heterocycles. The maximum absolute atomic E-state index is 12.8. The van der Waals surface area contributed by atoms with Crippen LogP contribution >= 0.6 is 23.4 Å². The lowest BCUT2D eigenvalue weighted by atomic mass is 10.0. The number of nitrogens with one attached hydrogen (secondary N) is 2. The van der Waals surface area contributed by atoms with Gasteiger partial charge in [-0.2, -0.15) is 0 Å². The van der Waals surface area contributed by atoms with Crippen LogP contribution in [-0.4, -0.2) is 17.1 Å². The van der Waals surface area contributed by atoms with Crippen LogP contribution in [0.2, 0.25) is 5.02 Å². The molecule has 4 rings (SSSR count). The fraction of sp³-hybridized carbons (Fsp3) is 0.300. The summed E-state index contributed by atoms with van der Waals surface area (Å²) in [5.74, 6) is 0.309. The molecule has 26 heavy (non-hydrogen) atoms. The van der Waals surface area contributed by atoms with Crippen molar-refractivity contribution in [2.75, 3.05) is 5.32 Å². The largest absolute Gasteiger partial charge is 0.345 e. The summed E-state index contributed by atoms with van der Waals surface area (Å²) in [4.78, 5) is 25.7. The topological polar surface area (TPSA) is 58.2 Å². The van der Waals surface area contributed by atoms with Crippen LogP contribution in [0.15, 0.2) is 47.4 Å². The van der Waals surface area contributed by atoms with Gasteiger partial charge in [-0.15, -0.1) is 11.8 Å². The van der Waals surface area contributed by atoms with Crippen LogP contribution in [0.4, 0.5) is 5.69 Å². The number of fused-ring (bicyclic) bond motifs is 1. The molecule has 2 amide bonds. The Labute approximate surface area is 161 Å². The number of carbonyl (C=O) groups excluding carboxylic acids is 2. The molecular weight excluding hydrogens is 368 g/mol. The molecule has 2 aromatic rings. The Hall–Kier alpha value is -1.98. The molecule has 1 aliphatic heterocycles. The zero-order valence-electron chi connectivity index (χ0n) is 14.3. The SMILES string of the molecule is CC1Sc2ccc(C(=O)NC(c3ccc(Cl)cc3)C3CC3)cc2NC1=O. The van der Waals surface area contributed by atoms with Crippen molar-refractivity contribution in [3.8, 4) is 0 Å². The van der Waals surface area contributed by atoms with E-state index in [-0.39, 0.29) is 23.1 Å². The van der Waals surface area contributed by atoms with Crippen molar-refractivity contribution >= 4 is 40.9 Å². The molecule has 2 atom stereocenters. The molecule has 6 heteroatoms. The molecule has 1 heterocycles. The van der Waals surface area contributed by atoms with Crippen LogP contribution in [0, 0.1) is 5.92 Å². The number of halogens is 1. The lowest BCUT2D eigenvalue weighted by Crippen LogP contribution is -2.30. The summed E-state index contributed by atoms with van der Waals surface area (Å²) in [5, 5.41) is 6.60. The molecule has 1 aliphatic carbocycles. The van der Waals surface area contributed by atoms with Gasteiger partial charge in [0.1, 0.15) is 0 Å². The minimum absolute atomic E-state index is 0.0141. The zero-order valence-corrected chi connectivity index (χ0v) is 15.9. The maximum atomic E-state index is 12.8. The Morgan fingerprint density at radius 3 is 2.65 bits per heavy atom. The van der Waals surface area contributed by atoms with Crippen molar-refractivity contribution in [1.82, 2.24) is 5.32 Å². The first-order chi connectivity index (χ1) is 12.5. The van der Waals surface area contributed by atoms with E-state index in [0.29, 0.717) is 22.2 Å². The Morgan fingerprint density at radius 1 is 1.23 bits per heavy atom. The van der Waals surface area contributed by atoms with Crippen molar-refractivity contribution in [2.24, 2.45) is 5.92 Å². The van der Waals surface area contributed by atoms with Gasteiger partial charge >= 0.3 is 0 Å². The van der Waals surface area contributed by atoms with E-state index in [2.05, 4.69) is 10.6 Å². The van der Waals surface area contributed by atoms with E-state index in [1.54, 1.807) is 6.07 Å². The Morgan fingerprint density at radius 2 is 1.96 bits per heavy atom. The molecule has 2 N–H and O–H groups in total. The smallest absolute Gasteiger partial charge is 0.251 e. The van der Waals surface area contributed by atoms with Crippen molar-refractivity contribution < 1.29 is 9.59 Å². The van der Waals surface area contributed by atoms with Gasteiger partial charge in [0.15, 0.2) is 0 Å². The summed E-state index contributed by atoms with van der Waals surface area (Å²) in [6.07, 6.45) is 2.23. The molecule has 0 spiro atoms. The normalized spacial score (nSPS) is 20.1. The highest BCUT2D eigenvalue weighted by atomic mass is 35.5. The first kappa shape index (κ1) is 17.4. The van der Waals surface area contributed by atoms with Gasteiger partial charge in [-0.05, 0) is 61.6 Å². The summed E-state index contributed by atoms with van der Waals surface area (Å²) in [5.41, 5.74) is 2.33. The van der Waals surface area contributed by atoms with E-state index >= 15 is 0 Å². The molecule has 0 saturated heterocycles. The van der Waals surface area contributed by atoms with E-state index < -0.39 is 0 Å². The van der Waals surface area contributed by atoms with Crippen LogP contribution in [-0.2, 0) is 4.79 Å². The quantitative estimate of drug-likeness (QED) is 0.803. The predicted molar refractivity (Wildman–Crippen MR) is 105 cm³/mol. The van der Waals surface area contributed by atoms with E-state index in [1.807, 2.05) is 43.3 Å². The van der Waals surface area contributed by atoms with E-state index in [4.69, 9.17) is 11.6 Å². The van der Waals surface area contributed by atoms with Crippen LogP contribution in [0.5, 0.6) is 0 Å². The number of anilines is 1. The molecule has 134 valence electrons. The standard InChI is InChI=1S/C20H19ClN2O2S/c1-11-19(24)22-16-10-14(6-9-17(16)26-11)20(25)23-18(12-2-3-12)13-4-7-15(21)8-5-13/h4-12,18H,2-3H2,1H3,(H,22,24)(H,23,25). The fourth-order valence-electron chi connectivity index (χ4n) is 3.15. The van der Waals surface area contributed by atoms with Gasteiger partial charge in [0.2, 0.25) is 5.91 Å². The number of rotatable bonds is 4. The monoisotopic (exact) mass is 386 g/mol. The van der Waals surface area contributed by atoms with Gasteiger partial charge in [0.05, 0.1) is 17.0 Å². The minimum Gasteiger partial charge on any atom is -0.345 e. The number of amides is 2. The average molecular weight is 387 g/mol. The van der Waals surface area contributed by atoms with Gasteiger partial charge in [0, 0.05) is 15.5 Å². The third kappa shape index (κ3) is 3.60. The Kier molecular flexibility index (Phi) is 4.67. The van der Waals surface area contributed by atoms with Gasteiger partial charge < -0.3 is 10.6 Å². The van der Waals surface area contributed by atoms with E-state index in [9.17, 15) is 9.59 Å². The molecule has 1 saturated carbocycles. The van der Waals surface area contributed by atoms with Gasteiger partial charge in [-0.1, -0.05) is 23.7 Å². The van der Waals surface area contributed by atoms with Crippen LogP contribution in [0.3, 0.4) is 0 Å². The van der Waals surface area contributed by atoms with E-state index in [0.717, 1.165) is 23.3 Å². The third-order valence-corrected chi connectivity index (χ3v) is 6.21. The molecule has 0 radical (unpaired) electrons. The molecule has 1 fully saturated rings. The fourth-order valence-corrected chi connectivity index (χ4v) is 4.20. The minimum atomic E-state index is -0.127. The van der Waals surface area contributed by atoms with Crippen molar-refractivity contribution in [2.45, 2.75) is 36.0 Å². The highest BCUT2D eigenvalue weighted by molar-refractivity contribution is 8.00. The van der Waals surface area contributed by atoms with Crippen molar-refractivity contribution in [3.05, 3.63) is 58.6 Å². The highest BCUT2D eigenvalue weighted by Crippen LogP contribution is 2.41. The summed E-state index contributed by atoms with van der Waals surface area (Å²) in [7, 11) is 0. The number of hydrogen-bond donors (Lipinski definition) is 2. The molecule has 0 bridgehead atoms. The second-order valence-electron chi connectivity index (χ2n) is 6.80. The van der Waals surface area contributed by atoms with Gasteiger partial charge in [-0.3, -0.25) is 9.59 Å². The second kappa shape index (κ2) is 6.97. The summed E-state index contributed by atoms with van der Waals surface area (Å²) >= 11 is 7.49. The lowest BCUT2D eigenvalue weighted by Gasteiger charge is -2.23. The van der Waals surface area contributed by atoms with Crippen molar-refractivity contribution in [3.63, 3.8) is 0 Å². The maximum Gasteiger partial charge on any atom is 0.251 e. The van der Waals surface area contributed by atoms with Gasteiger partial charge in [-0.25, -0.2) is 0 Å². The average Bonchev–Trinajstić information content (AvgIpc) is 3.46. The van der Waals surface area contributed by atoms with E-state index in [1.165, 1.54) is 11.8 Å². The lowest BCUT2D eigenvalue weighted by molar-refractivity contribution is -0.115. The molecule has 2 aromatic carbocycles. The second-order valence-corrected chi connectivity index (χ2v) is 8.62. The molecule has 2 unspecified atom stereocenters. The molecule has 2 aliphatic rings. The van der Waals surface area contributed by atoms with Crippen LogP contribution in [0.25, 0.3) is 0 Å². The molecule has 4 nitrogen and oxygen atoms in total. The summed E-state index contributed by atoms with van der Waals surface area (Å²) in [6.45, 7) is 1.87.